The Labute approximate surface area is 200 Å². The van der Waals surface area contributed by atoms with E-state index in [0.29, 0.717) is 44.4 Å². The Kier molecular flexibility index (Phi) is 7.27. The summed E-state index contributed by atoms with van der Waals surface area (Å²) in [5.74, 6) is 1.37. The highest BCUT2D eigenvalue weighted by Crippen LogP contribution is 2.26. The first-order valence-corrected chi connectivity index (χ1v) is 10.7. The molecule has 0 unspecified atom stereocenters. The highest BCUT2D eigenvalue weighted by atomic mass is 35.5. The molecule has 0 aliphatic carbocycles. The maximum atomic E-state index is 6.21. The number of halogens is 3. The van der Waals surface area contributed by atoms with Crippen molar-refractivity contribution >= 4 is 40.5 Å². The molecule has 0 N–H and O–H groups in total. The minimum atomic E-state index is 0.136. The lowest BCUT2D eigenvalue weighted by Crippen LogP contribution is -2.13. The zero-order chi connectivity index (χ0) is 22.3. The molecule has 1 heterocycles. The summed E-state index contributed by atoms with van der Waals surface area (Å²) in [6, 6.07) is 20.0. The summed E-state index contributed by atoms with van der Waals surface area (Å²) in [7, 11) is 0. The van der Waals surface area contributed by atoms with Crippen LogP contribution in [0.3, 0.4) is 0 Å². The standard InChI is InChI=1S/C23H17Cl3N4O2/c24-17-6-10-19(11-7-17)32-18-8-4-16(5-9-18)23(12-30-15-27-14-28-30)29-31-13-20-21(25)2-1-3-22(20)26/h1-11,14-15H,12-13H2. The van der Waals surface area contributed by atoms with E-state index < -0.39 is 0 Å². The van der Waals surface area contributed by atoms with Gasteiger partial charge in [0.2, 0.25) is 0 Å². The predicted molar refractivity (Wildman–Crippen MR) is 126 cm³/mol. The van der Waals surface area contributed by atoms with Gasteiger partial charge in [0, 0.05) is 26.2 Å². The fourth-order valence-corrected chi connectivity index (χ4v) is 3.47. The summed E-state index contributed by atoms with van der Waals surface area (Å²) >= 11 is 18.3. The molecule has 1 aromatic heterocycles. The largest absolute Gasteiger partial charge is 0.457 e. The summed E-state index contributed by atoms with van der Waals surface area (Å²) < 4.78 is 7.51. The minimum Gasteiger partial charge on any atom is -0.457 e. The summed E-state index contributed by atoms with van der Waals surface area (Å²) in [4.78, 5) is 9.58. The van der Waals surface area contributed by atoms with Gasteiger partial charge in [-0.25, -0.2) is 9.67 Å². The van der Waals surface area contributed by atoms with E-state index in [-0.39, 0.29) is 6.61 Å². The van der Waals surface area contributed by atoms with Gasteiger partial charge in [0.05, 0.1) is 6.54 Å². The van der Waals surface area contributed by atoms with Crippen LogP contribution in [0.4, 0.5) is 0 Å². The molecule has 6 nitrogen and oxygen atoms in total. The van der Waals surface area contributed by atoms with Crippen molar-refractivity contribution in [3.05, 3.63) is 106 Å². The van der Waals surface area contributed by atoms with E-state index in [1.807, 2.05) is 36.4 Å². The number of ether oxygens (including phenoxy) is 1. The van der Waals surface area contributed by atoms with Crippen LogP contribution < -0.4 is 4.74 Å². The van der Waals surface area contributed by atoms with Gasteiger partial charge in [0.15, 0.2) is 0 Å². The van der Waals surface area contributed by atoms with Crippen LogP contribution in [0.1, 0.15) is 11.1 Å². The van der Waals surface area contributed by atoms with Crippen LogP contribution in [-0.4, -0.2) is 20.5 Å². The quantitative estimate of drug-likeness (QED) is 0.206. The molecule has 0 fully saturated rings. The van der Waals surface area contributed by atoms with Crippen molar-refractivity contribution in [3.8, 4) is 11.5 Å². The van der Waals surface area contributed by atoms with Crippen molar-refractivity contribution in [3.63, 3.8) is 0 Å². The molecule has 0 aliphatic rings. The first-order valence-electron chi connectivity index (χ1n) is 9.56. The molecule has 0 radical (unpaired) electrons. The first-order chi connectivity index (χ1) is 15.6. The molecule has 0 saturated carbocycles. The second kappa shape index (κ2) is 10.5. The molecule has 9 heteroatoms. The number of rotatable bonds is 8. The maximum Gasteiger partial charge on any atom is 0.145 e. The molecule has 0 bridgehead atoms. The van der Waals surface area contributed by atoms with E-state index in [1.54, 1.807) is 41.3 Å². The lowest BCUT2D eigenvalue weighted by molar-refractivity contribution is 0.130. The zero-order valence-corrected chi connectivity index (χ0v) is 18.9. The van der Waals surface area contributed by atoms with Gasteiger partial charge in [0.25, 0.3) is 0 Å². The third-order valence-corrected chi connectivity index (χ3v) is 5.42. The van der Waals surface area contributed by atoms with Gasteiger partial charge in [-0.2, -0.15) is 5.10 Å². The molecule has 0 atom stereocenters. The fourth-order valence-electron chi connectivity index (χ4n) is 2.84. The minimum absolute atomic E-state index is 0.136. The SMILES string of the molecule is Clc1ccc(Oc2ccc(C(Cn3cncn3)=NOCc3c(Cl)cccc3Cl)cc2)cc1. The van der Waals surface area contributed by atoms with Crippen LogP contribution in [0, 0.1) is 0 Å². The fraction of sp³-hybridized carbons (Fsp3) is 0.0870. The Bertz CT molecular complexity index is 1170. The Balaban J connectivity index is 1.51. The van der Waals surface area contributed by atoms with Crippen LogP contribution in [0.25, 0.3) is 0 Å². The van der Waals surface area contributed by atoms with Gasteiger partial charge in [-0.15, -0.1) is 0 Å². The van der Waals surface area contributed by atoms with Gasteiger partial charge in [-0.1, -0.05) is 46.0 Å². The second-order valence-corrected chi connectivity index (χ2v) is 7.94. The summed E-state index contributed by atoms with van der Waals surface area (Å²) in [6.07, 6.45) is 3.07. The summed E-state index contributed by atoms with van der Waals surface area (Å²) in [5, 5.41) is 10.2. The Hall–Kier alpha value is -3.06. The maximum absolute atomic E-state index is 6.21. The Morgan fingerprint density at radius 3 is 2.16 bits per heavy atom. The Morgan fingerprint density at radius 1 is 0.875 bits per heavy atom. The molecule has 0 saturated heterocycles. The lowest BCUT2D eigenvalue weighted by atomic mass is 10.1. The van der Waals surface area contributed by atoms with Gasteiger partial charge in [-0.05, 0) is 60.7 Å². The average Bonchev–Trinajstić information content (AvgIpc) is 3.30. The smallest absolute Gasteiger partial charge is 0.145 e. The molecule has 162 valence electrons. The lowest BCUT2D eigenvalue weighted by Gasteiger charge is -2.10. The number of aromatic nitrogens is 3. The number of benzene rings is 3. The molecule has 3 aromatic carbocycles. The van der Waals surface area contributed by atoms with Crippen LogP contribution >= 0.6 is 34.8 Å². The molecule has 4 rings (SSSR count). The normalized spacial score (nSPS) is 11.4. The highest BCUT2D eigenvalue weighted by Gasteiger charge is 2.10. The van der Waals surface area contributed by atoms with Crippen LogP contribution in [0.5, 0.6) is 11.5 Å². The Morgan fingerprint density at radius 2 is 1.53 bits per heavy atom. The van der Waals surface area contributed by atoms with Crippen molar-refractivity contribution in [1.82, 2.24) is 14.8 Å². The number of nitrogens with zero attached hydrogens (tertiary/aromatic N) is 4. The van der Waals surface area contributed by atoms with Crippen molar-refractivity contribution in [1.29, 1.82) is 0 Å². The monoisotopic (exact) mass is 486 g/mol. The van der Waals surface area contributed by atoms with E-state index in [9.17, 15) is 0 Å². The predicted octanol–water partition coefficient (Wildman–Crippen LogP) is 6.65. The molecule has 0 spiro atoms. The van der Waals surface area contributed by atoms with E-state index in [0.717, 1.165) is 5.56 Å². The molecule has 32 heavy (non-hydrogen) atoms. The van der Waals surface area contributed by atoms with Gasteiger partial charge in [-0.3, -0.25) is 0 Å². The van der Waals surface area contributed by atoms with Gasteiger partial charge < -0.3 is 9.57 Å². The molecular formula is C23H17Cl3N4O2. The van der Waals surface area contributed by atoms with Gasteiger partial charge >= 0.3 is 0 Å². The number of hydrogen-bond donors (Lipinski definition) is 0. The highest BCUT2D eigenvalue weighted by molar-refractivity contribution is 6.36. The van der Waals surface area contributed by atoms with Crippen LogP contribution in [0.15, 0.2) is 84.5 Å². The first kappa shape index (κ1) is 22.1. The van der Waals surface area contributed by atoms with Crippen LogP contribution in [0.2, 0.25) is 15.1 Å². The van der Waals surface area contributed by atoms with Crippen molar-refractivity contribution in [2.45, 2.75) is 13.2 Å². The van der Waals surface area contributed by atoms with Crippen molar-refractivity contribution in [2.75, 3.05) is 0 Å². The van der Waals surface area contributed by atoms with E-state index in [1.165, 1.54) is 6.33 Å². The summed E-state index contributed by atoms with van der Waals surface area (Å²) in [5.41, 5.74) is 2.16. The third kappa shape index (κ3) is 5.79. The van der Waals surface area contributed by atoms with Crippen molar-refractivity contribution < 1.29 is 9.57 Å². The summed E-state index contributed by atoms with van der Waals surface area (Å²) in [6.45, 7) is 0.505. The number of oxime groups is 1. The molecule has 4 aromatic rings. The zero-order valence-electron chi connectivity index (χ0n) is 16.7. The molecule has 0 aliphatic heterocycles. The number of hydrogen-bond acceptors (Lipinski definition) is 5. The average molecular weight is 488 g/mol. The van der Waals surface area contributed by atoms with E-state index >= 15 is 0 Å². The topological polar surface area (TPSA) is 61.5 Å². The van der Waals surface area contributed by atoms with Crippen molar-refractivity contribution in [2.24, 2.45) is 5.16 Å². The van der Waals surface area contributed by atoms with E-state index in [4.69, 9.17) is 44.4 Å². The third-order valence-electron chi connectivity index (χ3n) is 4.46. The second-order valence-electron chi connectivity index (χ2n) is 6.69. The van der Waals surface area contributed by atoms with Crippen LogP contribution in [-0.2, 0) is 18.0 Å². The van der Waals surface area contributed by atoms with E-state index in [2.05, 4.69) is 15.2 Å². The van der Waals surface area contributed by atoms with Gasteiger partial charge in [0.1, 0.15) is 36.5 Å². The molecular weight excluding hydrogens is 471 g/mol. The molecule has 0 amide bonds.